The minimum Gasteiger partial charge on any atom is -0.465 e. The number of hydrogen-bond donors (Lipinski definition) is 1. The number of hydrogen-bond acceptors (Lipinski definition) is 7. The van der Waals surface area contributed by atoms with Gasteiger partial charge in [-0.3, -0.25) is 9.89 Å². The maximum Gasteiger partial charge on any atom is 0.433 e. The molecule has 1 amide bonds. The number of piperidine rings is 1. The van der Waals surface area contributed by atoms with Crippen LogP contribution in [0.1, 0.15) is 38.7 Å². The van der Waals surface area contributed by atoms with Crippen molar-refractivity contribution >= 4 is 44.3 Å². The van der Waals surface area contributed by atoms with E-state index in [1.165, 1.54) is 29.5 Å². The Morgan fingerprint density at radius 2 is 2.03 bits per heavy atom. The van der Waals surface area contributed by atoms with E-state index in [1.807, 2.05) is 10.00 Å². The summed E-state index contributed by atoms with van der Waals surface area (Å²) in [5.74, 6) is -1.04. The SMILES string of the molecule is COC(=O)c1cnc(N2CCC(N(C)C(=O)c3n[nH]c(C(F)(F)F)c3Br)CC2)s1. The molecule has 0 aromatic carbocycles. The Bertz CT molecular complexity index is 908. The van der Waals surface area contributed by atoms with Gasteiger partial charge in [-0.25, -0.2) is 9.78 Å². The molecule has 0 saturated carbocycles. The minimum atomic E-state index is -4.63. The molecule has 8 nitrogen and oxygen atoms in total. The molecule has 1 aliphatic rings. The quantitative estimate of drug-likeness (QED) is 0.655. The molecule has 1 N–H and O–H groups in total. The van der Waals surface area contributed by atoms with Crippen LogP contribution in [0, 0.1) is 0 Å². The number of H-pyrrole nitrogens is 1. The van der Waals surface area contributed by atoms with Crippen LogP contribution in [0.4, 0.5) is 18.3 Å². The highest BCUT2D eigenvalue weighted by atomic mass is 79.9. The first-order chi connectivity index (χ1) is 13.6. The number of aromatic amines is 1. The van der Waals surface area contributed by atoms with E-state index in [9.17, 15) is 22.8 Å². The number of aromatic nitrogens is 3. The maximum atomic E-state index is 12.9. The van der Waals surface area contributed by atoms with Crippen LogP contribution in [-0.4, -0.2) is 65.2 Å². The Balaban J connectivity index is 1.63. The average Bonchev–Trinajstić information content (AvgIpc) is 3.33. The van der Waals surface area contributed by atoms with Crippen molar-refractivity contribution in [1.82, 2.24) is 20.1 Å². The lowest BCUT2D eigenvalue weighted by Gasteiger charge is -2.36. The molecule has 0 atom stereocenters. The molecule has 2 aromatic rings. The Kier molecular flexibility index (Phi) is 6.17. The summed E-state index contributed by atoms with van der Waals surface area (Å²) < 4.78 is 43.0. The lowest BCUT2D eigenvalue weighted by molar-refractivity contribution is -0.141. The number of alkyl halides is 3. The van der Waals surface area contributed by atoms with E-state index >= 15 is 0 Å². The van der Waals surface area contributed by atoms with Crippen LogP contribution in [0.15, 0.2) is 10.7 Å². The molecule has 1 saturated heterocycles. The summed E-state index contributed by atoms with van der Waals surface area (Å²) in [6, 6.07) is -0.156. The van der Waals surface area contributed by atoms with Crippen molar-refractivity contribution in [2.45, 2.75) is 25.1 Å². The van der Waals surface area contributed by atoms with E-state index < -0.39 is 28.2 Å². The summed E-state index contributed by atoms with van der Waals surface area (Å²) in [4.78, 5) is 32.2. The van der Waals surface area contributed by atoms with Crippen LogP contribution in [0.25, 0.3) is 0 Å². The second-order valence-electron chi connectivity index (χ2n) is 6.39. The number of halogens is 4. The molecule has 1 aliphatic heterocycles. The topological polar surface area (TPSA) is 91.4 Å². The zero-order valence-corrected chi connectivity index (χ0v) is 17.8. The zero-order valence-electron chi connectivity index (χ0n) is 15.4. The van der Waals surface area contributed by atoms with E-state index in [0.29, 0.717) is 35.9 Å². The molecule has 3 rings (SSSR count). The molecule has 158 valence electrons. The highest BCUT2D eigenvalue weighted by Crippen LogP contribution is 2.35. The number of esters is 1. The fraction of sp³-hybridized carbons (Fsp3) is 0.500. The number of amides is 1. The van der Waals surface area contributed by atoms with Crippen molar-refractivity contribution in [2.75, 3.05) is 32.1 Å². The summed E-state index contributed by atoms with van der Waals surface area (Å²) in [6.45, 7) is 1.18. The summed E-state index contributed by atoms with van der Waals surface area (Å²) in [5.41, 5.74) is -1.39. The van der Waals surface area contributed by atoms with Crippen molar-refractivity contribution in [2.24, 2.45) is 0 Å². The summed E-state index contributed by atoms with van der Waals surface area (Å²) in [5, 5.41) is 6.10. The third-order valence-electron chi connectivity index (χ3n) is 4.68. The maximum absolute atomic E-state index is 12.9. The van der Waals surface area contributed by atoms with Crippen molar-refractivity contribution in [3.05, 3.63) is 26.9 Å². The van der Waals surface area contributed by atoms with Gasteiger partial charge in [0.15, 0.2) is 16.5 Å². The molecular formula is C16H17BrF3N5O3S. The number of carbonyl (C=O) groups excluding carboxylic acids is 2. The number of carbonyl (C=O) groups is 2. The lowest BCUT2D eigenvalue weighted by atomic mass is 10.0. The monoisotopic (exact) mass is 495 g/mol. The van der Waals surface area contributed by atoms with Gasteiger partial charge in [0, 0.05) is 26.2 Å². The van der Waals surface area contributed by atoms with Gasteiger partial charge in [-0.15, -0.1) is 0 Å². The number of anilines is 1. The van der Waals surface area contributed by atoms with Crippen LogP contribution >= 0.6 is 27.3 Å². The van der Waals surface area contributed by atoms with E-state index in [0.717, 1.165) is 0 Å². The molecule has 29 heavy (non-hydrogen) atoms. The van der Waals surface area contributed by atoms with Crippen LogP contribution in [0.2, 0.25) is 0 Å². The second kappa shape index (κ2) is 8.30. The van der Waals surface area contributed by atoms with Crippen molar-refractivity contribution in [3.63, 3.8) is 0 Å². The van der Waals surface area contributed by atoms with E-state index in [4.69, 9.17) is 0 Å². The molecule has 0 bridgehead atoms. The molecular weight excluding hydrogens is 479 g/mol. The number of nitrogens with one attached hydrogen (secondary N) is 1. The van der Waals surface area contributed by atoms with Gasteiger partial charge in [0.1, 0.15) is 4.88 Å². The highest BCUT2D eigenvalue weighted by Gasteiger charge is 2.39. The van der Waals surface area contributed by atoms with Crippen LogP contribution in [0.5, 0.6) is 0 Å². The Labute approximate surface area is 176 Å². The summed E-state index contributed by atoms with van der Waals surface area (Å²) in [6.07, 6.45) is -1.97. The van der Waals surface area contributed by atoms with Gasteiger partial charge in [0.2, 0.25) is 0 Å². The van der Waals surface area contributed by atoms with Gasteiger partial charge in [-0.2, -0.15) is 18.3 Å². The summed E-state index contributed by atoms with van der Waals surface area (Å²) in [7, 11) is 2.85. The largest absolute Gasteiger partial charge is 0.465 e. The Hall–Kier alpha value is -2.15. The van der Waals surface area contributed by atoms with Crippen LogP contribution in [0.3, 0.4) is 0 Å². The van der Waals surface area contributed by atoms with Gasteiger partial charge >= 0.3 is 12.1 Å². The first-order valence-electron chi connectivity index (χ1n) is 8.50. The molecule has 0 radical (unpaired) electrons. The van der Waals surface area contributed by atoms with Crippen LogP contribution in [-0.2, 0) is 10.9 Å². The normalized spacial score (nSPS) is 15.4. The Morgan fingerprint density at radius 3 is 2.59 bits per heavy atom. The van der Waals surface area contributed by atoms with Gasteiger partial charge in [-0.1, -0.05) is 11.3 Å². The highest BCUT2D eigenvalue weighted by molar-refractivity contribution is 9.10. The summed E-state index contributed by atoms with van der Waals surface area (Å²) >= 11 is 4.05. The number of thiazole rings is 1. The predicted molar refractivity (Wildman–Crippen MR) is 102 cm³/mol. The first kappa shape index (κ1) is 21.6. The number of methoxy groups -OCH3 is 1. The molecule has 3 heterocycles. The molecule has 0 spiro atoms. The third kappa shape index (κ3) is 4.39. The van der Waals surface area contributed by atoms with Gasteiger partial charge in [0.25, 0.3) is 5.91 Å². The standard InChI is InChI=1S/C16H17BrF3N5O3S/c1-24(13(26)11-10(17)12(23-22-11)16(18,19)20)8-3-5-25(6-4-8)15-21-7-9(29-15)14(27)28-2/h7-8H,3-6H2,1-2H3,(H,22,23). The minimum absolute atomic E-state index is 0.156. The zero-order chi connectivity index (χ0) is 21.3. The molecule has 13 heteroatoms. The van der Waals surface area contributed by atoms with E-state index in [-0.39, 0.29) is 11.7 Å². The van der Waals surface area contributed by atoms with E-state index in [2.05, 4.69) is 30.7 Å². The average molecular weight is 496 g/mol. The van der Waals surface area contributed by atoms with Crippen molar-refractivity contribution < 1.29 is 27.5 Å². The van der Waals surface area contributed by atoms with E-state index in [1.54, 1.807) is 7.05 Å². The first-order valence-corrected chi connectivity index (χ1v) is 10.1. The number of rotatable bonds is 4. The third-order valence-corrected chi connectivity index (χ3v) is 6.49. The van der Waals surface area contributed by atoms with Crippen LogP contribution < -0.4 is 4.90 Å². The van der Waals surface area contributed by atoms with Gasteiger partial charge in [0.05, 0.1) is 17.8 Å². The fourth-order valence-corrected chi connectivity index (χ4v) is 4.50. The molecule has 1 fully saturated rings. The fourth-order valence-electron chi connectivity index (χ4n) is 3.04. The second-order valence-corrected chi connectivity index (χ2v) is 8.19. The lowest BCUT2D eigenvalue weighted by Crippen LogP contribution is -2.45. The van der Waals surface area contributed by atoms with Crippen molar-refractivity contribution in [1.29, 1.82) is 0 Å². The molecule has 0 unspecified atom stereocenters. The molecule has 2 aromatic heterocycles. The number of ether oxygens (including phenoxy) is 1. The van der Waals surface area contributed by atoms with Crippen molar-refractivity contribution in [3.8, 4) is 0 Å². The predicted octanol–water partition coefficient (Wildman–Crippen LogP) is 3.18. The molecule has 0 aliphatic carbocycles. The van der Waals surface area contributed by atoms with Gasteiger partial charge < -0.3 is 14.5 Å². The smallest absolute Gasteiger partial charge is 0.433 e. The number of nitrogens with zero attached hydrogens (tertiary/aromatic N) is 4. The van der Waals surface area contributed by atoms with Gasteiger partial charge in [-0.05, 0) is 28.8 Å². The Morgan fingerprint density at radius 1 is 1.38 bits per heavy atom.